The molecular formula is C84H93O3P3. The van der Waals surface area contributed by atoms with Crippen LogP contribution in [0.5, 0.6) is 0 Å². The van der Waals surface area contributed by atoms with Crippen LogP contribution in [-0.2, 0) is 46.2 Å². The fourth-order valence-corrected chi connectivity index (χ4v) is 19.9. The van der Waals surface area contributed by atoms with E-state index in [1.807, 2.05) is 0 Å². The highest BCUT2D eigenvalue weighted by molar-refractivity contribution is 7.86. The molecule has 0 aliphatic heterocycles. The summed E-state index contributed by atoms with van der Waals surface area (Å²) >= 11 is 0. The molecule has 10 aromatic rings. The van der Waals surface area contributed by atoms with Crippen molar-refractivity contribution in [2.24, 2.45) is 0 Å². The molecule has 0 radical (unpaired) electrons. The Morgan fingerprint density at radius 3 is 0.389 bits per heavy atom. The van der Waals surface area contributed by atoms with Crippen LogP contribution in [0.3, 0.4) is 0 Å². The molecule has 0 bridgehead atoms. The second kappa shape index (κ2) is 24.2. The van der Waals surface area contributed by atoms with Crippen LogP contribution in [0.1, 0.15) is 158 Å². The quantitative estimate of drug-likeness (QED) is 0.115. The summed E-state index contributed by atoms with van der Waals surface area (Å²) in [6.45, 7) is 39.7. The largest absolute Gasteiger partial charge is 0.309 e. The zero-order valence-corrected chi connectivity index (χ0v) is 59.3. The summed E-state index contributed by atoms with van der Waals surface area (Å²) in [5, 5.41) is 7.06. The zero-order chi connectivity index (χ0) is 65.2. The molecule has 10 aromatic carbocycles. The van der Waals surface area contributed by atoms with E-state index in [1.165, 1.54) is 33.4 Å². The van der Waals surface area contributed by atoms with Crippen LogP contribution in [-0.4, -0.2) is 0 Å². The van der Waals surface area contributed by atoms with Crippen molar-refractivity contribution in [3.8, 4) is 33.4 Å². The lowest BCUT2D eigenvalue weighted by atomic mass is 9.87. The first kappa shape index (κ1) is 65.8. The van der Waals surface area contributed by atoms with Crippen molar-refractivity contribution in [3.05, 3.63) is 270 Å². The normalized spacial score (nSPS) is 13.1. The predicted molar refractivity (Wildman–Crippen MR) is 393 cm³/mol. The molecule has 6 heteroatoms. The van der Waals surface area contributed by atoms with Crippen LogP contribution >= 0.6 is 21.4 Å². The van der Waals surface area contributed by atoms with Gasteiger partial charge in [-0.1, -0.05) is 343 Å². The Balaban J connectivity index is 1.11. The first-order valence-electron chi connectivity index (χ1n) is 31.9. The fraction of sp³-hybridized carbons (Fsp3) is 0.286. The van der Waals surface area contributed by atoms with E-state index >= 15 is 13.7 Å². The third-order valence-corrected chi connectivity index (χ3v) is 27.4. The number of hydrogen-bond donors (Lipinski definition) is 0. The van der Waals surface area contributed by atoms with Crippen molar-refractivity contribution in [3.63, 3.8) is 0 Å². The van der Waals surface area contributed by atoms with Gasteiger partial charge < -0.3 is 13.7 Å². The van der Waals surface area contributed by atoms with Crippen LogP contribution in [0.2, 0.25) is 0 Å². The van der Waals surface area contributed by atoms with Gasteiger partial charge in [-0.25, -0.2) is 0 Å². The van der Waals surface area contributed by atoms with Gasteiger partial charge in [-0.05, 0) is 117 Å². The third-order valence-electron chi connectivity index (χ3n) is 18.2. The molecule has 462 valence electrons. The number of rotatable bonds is 12. The molecule has 3 nitrogen and oxygen atoms in total. The maximum Gasteiger partial charge on any atom is 0.171 e. The molecule has 0 saturated heterocycles. The summed E-state index contributed by atoms with van der Waals surface area (Å²) in [5.74, 6) is 0. The lowest BCUT2D eigenvalue weighted by molar-refractivity contribution is 0.588. The minimum atomic E-state index is -3.36. The van der Waals surface area contributed by atoms with Crippen LogP contribution in [0.25, 0.3) is 33.4 Å². The molecule has 0 aromatic heterocycles. The van der Waals surface area contributed by atoms with E-state index in [2.05, 4.69) is 361 Å². The minimum Gasteiger partial charge on any atom is -0.309 e. The lowest BCUT2D eigenvalue weighted by Crippen LogP contribution is -2.26. The van der Waals surface area contributed by atoms with Crippen molar-refractivity contribution >= 4 is 69.2 Å². The van der Waals surface area contributed by atoms with E-state index in [-0.39, 0.29) is 32.5 Å². The predicted octanol–water partition coefficient (Wildman–Crippen LogP) is 19.4. The first-order chi connectivity index (χ1) is 42.0. The zero-order valence-electron chi connectivity index (χ0n) is 56.6. The van der Waals surface area contributed by atoms with Gasteiger partial charge in [0.15, 0.2) is 21.4 Å². The highest BCUT2D eigenvalue weighted by Crippen LogP contribution is 2.48. The summed E-state index contributed by atoms with van der Waals surface area (Å²) in [6, 6.07) is 82.0. The van der Waals surface area contributed by atoms with Crippen LogP contribution in [0.4, 0.5) is 0 Å². The SMILES string of the molecule is CC(C)(C)c1ccc(P(=O)(c2ccc(-c3cc(-c4ccc(P(=O)(c5ccc(C(C)(C)C)cc5)c5ccc(C(C)(C)C)cc5)cc4)cc(-c4ccc(P(=O)(c5ccc(C(C)(C)C)cc5)c5ccc(C(C)(C)C)cc5)cc4)c3)cc2)c2ccc(C(C)(C)C)cc2)cc1. The average Bonchev–Trinajstić information content (AvgIpc) is 0.866. The maximum absolute atomic E-state index is 16.2. The van der Waals surface area contributed by atoms with Crippen LogP contribution in [0.15, 0.2) is 237 Å². The summed E-state index contributed by atoms with van der Waals surface area (Å²) in [4.78, 5) is 0. The summed E-state index contributed by atoms with van der Waals surface area (Å²) in [7, 11) is -10.1. The van der Waals surface area contributed by atoms with Gasteiger partial charge in [0, 0.05) is 47.7 Å². The van der Waals surface area contributed by atoms with Gasteiger partial charge in [-0.15, -0.1) is 0 Å². The average molecular weight is 1240 g/mol. The Hall–Kier alpha value is -7.11. The summed E-state index contributed by atoms with van der Waals surface area (Å²) < 4.78 is 48.6. The fourth-order valence-electron chi connectivity index (χ4n) is 12.1. The topological polar surface area (TPSA) is 51.2 Å². The summed E-state index contributed by atoms with van der Waals surface area (Å²) in [6.07, 6.45) is 0. The highest BCUT2D eigenvalue weighted by Gasteiger charge is 2.35. The number of benzene rings is 10. The molecule has 0 amide bonds. The minimum absolute atomic E-state index is 0.0598. The second-order valence-electron chi connectivity index (χ2n) is 31.0. The molecule has 10 rings (SSSR count). The first-order valence-corrected chi connectivity index (χ1v) is 37.1. The van der Waals surface area contributed by atoms with Crippen molar-refractivity contribution in [2.45, 2.75) is 157 Å². The molecule has 0 atom stereocenters. The highest BCUT2D eigenvalue weighted by atomic mass is 31.2. The second-order valence-corrected chi connectivity index (χ2v) is 39.4. The summed E-state index contributed by atoms with van der Waals surface area (Å²) in [5.41, 5.74) is 12.6. The Bertz CT molecular complexity index is 3670. The molecule has 0 saturated carbocycles. The van der Waals surface area contributed by atoms with Gasteiger partial charge in [0.25, 0.3) is 0 Å². The molecular weight excluding hydrogens is 1150 g/mol. The van der Waals surface area contributed by atoms with Crippen LogP contribution in [0, 0.1) is 0 Å². The van der Waals surface area contributed by atoms with E-state index in [0.29, 0.717) is 0 Å². The van der Waals surface area contributed by atoms with E-state index in [9.17, 15) is 0 Å². The van der Waals surface area contributed by atoms with Gasteiger partial charge in [-0.3, -0.25) is 0 Å². The van der Waals surface area contributed by atoms with Crippen molar-refractivity contribution in [1.82, 2.24) is 0 Å². The van der Waals surface area contributed by atoms with E-state index in [1.54, 1.807) is 0 Å². The van der Waals surface area contributed by atoms with Gasteiger partial charge in [0.05, 0.1) is 0 Å². The third kappa shape index (κ3) is 13.3. The van der Waals surface area contributed by atoms with Gasteiger partial charge in [-0.2, -0.15) is 0 Å². The Kier molecular flexibility index (Phi) is 17.7. The number of hydrogen-bond acceptors (Lipinski definition) is 3. The molecule has 0 spiro atoms. The molecule has 0 aliphatic rings. The monoisotopic (exact) mass is 1240 g/mol. The van der Waals surface area contributed by atoms with Crippen molar-refractivity contribution in [2.75, 3.05) is 0 Å². The lowest BCUT2D eigenvalue weighted by Gasteiger charge is -2.25. The maximum atomic E-state index is 16.2. The molecule has 0 fully saturated rings. The van der Waals surface area contributed by atoms with Gasteiger partial charge >= 0.3 is 0 Å². The standard InChI is InChI=1S/C84H93O3P3/c1-79(2,3)64-25-43-73(44-26-64)88(85,74-45-27-65(28-46-74)80(4,5)6)70-37-19-58(20-38-70)61-55-62(59-21-39-71(40-22-59)89(86,75-47-29-66(30-48-75)81(7,8)9)76-49-31-67(32-50-76)82(10,11)12)57-63(56-61)60-23-41-72(42-24-60)90(87,77-51-33-68(34-52-77)83(13,14)15)78-53-35-69(36-54-78)84(16,17)18/h19-57H,1-18H3. The Morgan fingerprint density at radius 1 is 0.167 bits per heavy atom. The molecule has 0 heterocycles. The molecule has 0 aliphatic carbocycles. The Labute approximate surface area is 540 Å². The van der Waals surface area contributed by atoms with Crippen molar-refractivity contribution in [1.29, 1.82) is 0 Å². The van der Waals surface area contributed by atoms with Crippen molar-refractivity contribution < 1.29 is 13.7 Å². The van der Waals surface area contributed by atoms with Gasteiger partial charge in [0.2, 0.25) is 0 Å². The van der Waals surface area contributed by atoms with Crippen LogP contribution < -0.4 is 47.7 Å². The van der Waals surface area contributed by atoms with E-state index in [0.717, 1.165) is 81.1 Å². The van der Waals surface area contributed by atoms with Gasteiger partial charge in [0.1, 0.15) is 0 Å². The van der Waals surface area contributed by atoms with E-state index in [4.69, 9.17) is 0 Å². The Morgan fingerprint density at radius 2 is 0.278 bits per heavy atom. The molecule has 90 heavy (non-hydrogen) atoms. The molecule has 0 unspecified atom stereocenters. The smallest absolute Gasteiger partial charge is 0.171 e. The van der Waals surface area contributed by atoms with E-state index < -0.39 is 21.4 Å². The molecule has 0 N–H and O–H groups in total.